The number of amides is 2. The lowest BCUT2D eigenvalue weighted by Gasteiger charge is -2.33. The highest BCUT2D eigenvalue weighted by Crippen LogP contribution is 2.16. The molecular formula is C17H31N3O3. The summed E-state index contributed by atoms with van der Waals surface area (Å²) in [6.07, 6.45) is 4.58. The Kier molecular flexibility index (Phi) is 7.15. The molecule has 0 radical (unpaired) electrons. The molecule has 0 bridgehead atoms. The van der Waals surface area contributed by atoms with Crippen LogP contribution in [-0.4, -0.2) is 67.2 Å². The first-order valence-corrected chi connectivity index (χ1v) is 9.03. The Morgan fingerprint density at radius 3 is 2.52 bits per heavy atom. The van der Waals surface area contributed by atoms with Crippen molar-refractivity contribution in [2.45, 2.75) is 52.0 Å². The fraction of sp³-hybridized carbons (Fsp3) is 0.882. The molecule has 23 heavy (non-hydrogen) atoms. The summed E-state index contributed by atoms with van der Waals surface area (Å²) in [6.45, 7) is 8.49. The van der Waals surface area contributed by atoms with Gasteiger partial charge in [-0.25, -0.2) is 4.79 Å². The van der Waals surface area contributed by atoms with Crippen molar-refractivity contribution >= 4 is 12.0 Å². The minimum atomic E-state index is -0.208. The van der Waals surface area contributed by atoms with E-state index in [1.54, 1.807) is 4.90 Å². The molecule has 0 unspecified atom stereocenters. The zero-order valence-electron chi connectivity index (χ0n) is 14.6. The molecule has 6 nitrogen and oxygen atoms in total. The number of piperidine rings is 2. The van der Waals surface area contributed by atoms with Crippen molar-refractivity contribution in [3.05, 3.63) is 0 Å². The second kappa shape index (κ2) is 9.11. The number of carbonyl (C=O) groups excluding carboxylic acids is 2. The van der Waals surface area contributed by atoms with Crippen LogP contribution in [0.4, 0.5) is 4.79 Å². The second-order valence-electron chi connectivity index (χ2n) is 6.75. The lowest BCUT2D eigenvalue weighted by molar-refractivity contribution is -0.132. The van der Waals surface area contributed by atoms with Gasteiger partial charge in [0, 0.05) is 45.2 Å². The molecule has 0 saturated carbocycles. The molecule has 2 fully saturated rings. The summed E-state index contributed by atoms with van der Waals surface area (Å²) in [6, 6.07) is 0.397. The van der Waals surface area contributed by atoms with Gasteiger partial charge in [-0.15, -0.1) is 0 Å². The zero-order valence-corrected chi connectivity index (χ0v) is 14.6. The maximum Gasteiger partial charge on any atom is 0.409 e. The topological polar surface area (TPSA) is 61.9 Å². The predicted molar refractivity (Wildman–Crippen MR) is 89.2 cm³/mol. The van der Waals surface area contributed by atoms with Crippen LogP contribution in [0.5, 0.6) is 0 Å². The van der Waals surface area contributed by atoms with Gasteiger partial charge in [0.05, 0.1) is 6.61 Å². The van der Waals surface area contributed by atoms with Gasteiger partial charge < -0.3 is 19.9 Å². The highest BCUT2D eigenvalue weighted by Gasteiger charge is 2.24. The van der Waals surface area contributed by atoms with Gasteiger partial charge in [0.2, 0.25) is 5.91 Å². The Morgan fingerprint density at radius 2 is 1.87 bits per heavy atom. The molecule has 2 rings (SSSR count). The number of rotatable bonds is 5. The Balaban J connectivity index is 1.60. The lowest BCUT2D eigenvalue weighted by Crippen LogP contribution is -2.46. The predicted octanol–water partition coefficient (Wildman–Crippen LogP) is 1.85. The third-order valence-corrected chi connectivity index (χ3v) is 4.80. The Hall–Kier alpha value is -1.30. The summed E-state index contributed by atoms with van der Waals surface area (Å²) < 4.78 is 5.02. The molecule has 2 heterocycles. The number of ether oxygens (including phenoxy) is 1. The average Bonchev–Trinajstić information content (AvgIpc) is 2.55. The van der Waals surface area contributed by atoms with Gasteiger partial charge in [-0.3, -0.25) is 4.79 Å². The summed E-state index contributed by atoms with van der Waals surface area (Å²) >= 11 is 0. The normalized spacial score (nSPS) is 23.0. The van der Waals surface area contributed by atoms with Crippen LogP contribution in [-0.2, 0) is 9.53 Å². The number of nitrogens with zero attached hydrogens (tertiary/aromatic N) is 2. The van der Waals surface area contributed by atoms with Crippen molar-refractivity contribution in [2.24, 2.45) is 5.92 Å². The molecule has 2 saturated heterocycles. The van der Waals surface area contributed by atoms with Gasteiger partial charge in [-0.1, -0.05) is 6.92 Å². The molecule has 2 amide bonds. The number of likely N-dealkylation sites (tertiary alicyclic amines) is 2. The Morgan fingerprint density at radius 1 is 1.13 bits per heavy atom. The van der Waals surface area contributed by atoms with E-state index >= 15 is 0 Å². The van der Waals surface area contributed by atoms with Crippen LogP contribution < -0.4 is 5.32 Å². The van der Waals surface area contributed by atoms with Crippen LogP contribution >= 0.6 is 0 Å². The molecule has 0 aromatic rings. The van der Waals surface area contributed by atoms with E-state index < -0.39 is 0 Å². The molecular weight excluding hydrogens is 294 g/mol. The van der Waals surface area contributed by atoms with Gasteiger partial charge in [0.25, 0.3) is 0 Å². The zero-order chi connectivity index (χ0) is 16.7. The molecule has 132 valence electrons. The van der Waals surface area contributed by atoms with E-state index in [4.69, 9.17) is 4.74 Å². The summed E-state index contributed by atoms with van der Waals surface area (Å²) in [5, 5.41) is 3.47. The van der Waals surface area contributed by atoms with Crippen LogP contribution in [0, 0.1) is 5.92 Å². The van der Waals surface area contributed by atoms with Crippen LogP contribution in [0.1, 0.15) is 46.0 Å². The van der Waals surface area contributed by atoms with E-state index in [2.05, 4.69) is 12.2 Å². The van der Waals surface area contributed by atoms with Crippen molar-refractivity contribution in [2.75, 3.05) is 39.3 Å². The first kappa shape index (κ1) is 18.0. The van der Waals surface area contributed by atoms with Crippen molar-refractivity contribution in [1.82, 2.24) is 15.1 Å². The van der Waals surface area contributed by atoms with Crippen molar-refractivity contribution in [3.63, 3.8) is 0 Å². The molecule has 0 spiro atoms. The van der Waals surface area contributed by atoms with Crippen molar-refractivity contribution in [3.8, 4) is 0 Å². The van der Waals surface area contributed by atoms with Gasteiger partial charge in [0.1, 0.15) is 0 Å². The number of nitrogens with one attached hydrogen (secondary N) is 1. The number of hydrogen-bond acceptors (Lipinski definition) is 4. The molecule has 0 aliphatic carbocycles. The summed E-state index contributed by atoms with van der Waals surface area (Å²) in [7, 11) is 0. The quantitative estimate of drug-likeness (QED) is 0.838. The van der Waals surface area contributed by atoms with E-state index in [9.17, 15) is 9.59 Å². The van der Waals surface area contributed by atoms with Crippen LogP contribution in [0.3, 0.4) is 0 Å². The first-order valence-electron chi connectivity index (χ1n) is 9.03. The molecule has 2 aliphatic heterocycles. The van der Waals surface area contributed by atoms with E-state index in [1.807, 2.05) is 11.8 Å². The maximum atomic E-state index is 12.2. The number of carbonyl (C=O) groups is 2. The fourth-order valence-corrected chi connectivity index (χ4v) is 3.44. The molecule has 6 heteroatoms. The lowest BCUT2D eigenvalue weighted by atomic mass is 10.00. The fourth-order valence-electron chi connectivity index (χ4n) is 3.44. The first-order chi connectivity index (χ1) is 11.1. The average molecular weight is 325 g/mol. The third kappa shape index (κ3) is 5.68. The van der Waals surface area contributed by atoms with Crippen molar-refractivity contribution < 1.29 is 14.3 Å². The standard InChI is InChI=1S/C17H31N3O3/c1-3-23-17(22)19-11-7-15(8-12-19)18-9-6-16(21)20-10-4-5-14(2)13-20/h14-15,18H,3-13H2,1-2H3/t14-/m0/s1. The largest absolute Gasteiger partial charge is 0.450 e. The Labute approximate surface area is 139 Å². The maximum absolute atomic E-state index is 12.2. The van der Waals surface area contributed by atoms with Gasteiger partial charge >= 0.3 is 6.09 Å². The Bertz CT molecular complexity index is 395. The third-order valence-electron chi connectivity index (χ3n) is 4.80. The molecule has 1 atom stereocenters. The minimum absolute atomic E-state index is 0.208. The van der Waals surface area contributed by atoms with Crippen LogP contribution in [0.25, 0.3) is 0 Å². The van der Waals surface area contributed by atoms with E-state index in [1.165, 1.54) is 6.42 Å². The summed E-state index contributed by atoms with van der Waals surface area (Å²) in [4.78, 5) is 27.6. The van der Waals surface area contributed by atoms with Crippen LogP contribution in [0.15, 0.2) is 0 Å². The highest BCUT2D eigenvalue weighted by atomic mass is 16.6. The van der Waals surface area contributed by atoms with Crippen molar-refractivity contribution in [1.29, 1.82) is 0 Å². The monoisotopic (exact) mass is 325 g/mol. The van der Waals surface area contributed by atoms with Gasteiger partial charge in [-0.2, -0.15) is 0 Å². The molecule has 0 aromatic carbocycles. The molecule has 2 aliphatic rings. The summed E-state index contributed by atoms with van der Waals surface area (Å²) in [5.74, 6) is 0.904. The molecule has 0 aromatic heterocycles. The molecule has 1 N–H and O–H groups in total. The SMILES string of the molecule is CCOC(=O)N1CCC(NCCC(=O)N2CCC[C@H](C)C2)CC1. The minimum Gasteiger partial charge on any atom is -0.450 e. The highest BCUT2D eigenvalue weighted by molar-refractivity contribution is 5.76. The van der Waals surface area contributed by atoms with E-state index in [0.29, 0.717) is 25.0 Å². The van der Waals surface area contributed by atoms with Gasteiger partial charge in [-0.05, 0) is 38.5 Å². The summed E-state index contributed by atoms with van der Waals surface area (Å²) in [5.41, 5.74) is 0. The van der Waals surface area contributed by atoms with Crippen LogP contribution in [0.2, 0.25) is 0 Å². The van der Waals surface area contributed by atoms with E-state index in [0.717, 1.165) is 52.0 Å². The smallest absolute Gasteiger partial charge is 0.409 e. The van der Waals surface area contributed by atoms with Gasteiger partial charge in [0.15, 0.2) is 0 Å². The van der Waals surface area contributed by atoms with E-state index in [-0.39, 0.29) is 12.0 Å². The number of hydrogen-bond donors (Lipinski definition) is 1. The second-order valence-corrected chi connectivity index (χ2v) is 6.75.